The molecule has 0 radical (unpaired) electrons. The van der Waals surface area contributed by atoms with E-state index in [0.717, 1.165) is 18.5 Å². The van der Waals surface area contributed by atoms with Crippen LogP contribution in [0.25, 0.3) is 0 Å². The van der Waals surface area contributed by atoms with Crippen molar-refractivity contribution < 1.29 is 0 Å². The number of rotatable bonds is 4. The fraction of sp³-hybridized carbons (Fsp3) is 0.647. The molecule has 2 atom stereocenters. The number of likely N-dealkylation sites (tertiary alicyclic amines) is 1. The van der Waals surface area contributed by atoms with Crippen molar-refractivity contribution in [3.8, 4) is 0 Å². The fourth-order valence-corrected chi connectivity index (χ4v) is 3.45. The molecule has 0 aromatic heterocycles. The first-order chi connectivity index (χ1) is 9.31. The highest BCUT2D eigenvalue weighted by Crippen LogP contribution is 2.29. The van der Waals surface area contributed by atoms with Gasteiger partial charge in [-0.3, -0.25) is 4.90 Å². The van der Waals surface area contributed by atoms with E-state index in [2.05, 4.69) is 47.5 Å². The first-order valence-corrected chi connectivity index (χ1v) is 7.82. The predicted octanol–water partition coefficient (Wildman–Crippen LogP) is 3.04. The van der Waals surface area contributed by atoms with Crippen molar-refractivity contribution in [1.29, 1.82) is 0 Å². The van der Waals surface area contributed by atoms with E-state index in [4.69, 9.17) is 0 Å². The average Bonchev–Trinajstić information content (AvgIpc) is 2.35. The lowest BCUT2D eigenvalue weighted by Crippen LogP contribution is -2.53. The highest BCUT2D eigenvalue weighted by Gasteiger charge is 2.31. The summed E-state index contributed by atoms with van der Waals surface area (Å²) in [6, 6.07) is 12.3. The summed E-state index contributed by atoms with van der Waals surface area (Å²) >= 11 is 0. The number of nitrogens with one attached hydrogen (secondary N) is 1. The molecule has 1 saturated carbocycles. The molecule has 104 valence electrons. The minimum absolute atomic E-state index is 0.671. The third-order valence-corrected chi connectivity index (χ3v) is 4.72. The SMILES string of the molecule is CC1CC(NCc2ccccc2)CN(C2CCC2)C1. The fourth-order valence-electron chi connectivity index (χ4n) is 3.45. The molecule has 1 aliphatic heterocycles. The van der Waals surface area contributed by atoms with E-state index in [0.29, 0.717) is 6.04 Å². The summed E-state index contributed by atoms with van der Waals surface area (Å²) in [7, 11) is 0. The first-order valence-electron chi connectivity index (χ1n) is 7.82. The van der Waals surface area contributed by atoms with Crippen molar-refractivity contribution in [3.63, 3.8) is 0 Å². The molecule has 2 nitrogen and oxygen atoms in total. The number of hydrogen-bond donors (Lipinski definition) is 1. The molecule has 2 fully saturated rings. The molecule has 1 N–H and O–H groups in total. The lowest BCUT2D eigenvalue weighted by molar-refractivity contribution is 0.0630. The van der Waals surface area contributed by atoms with Gasteiger partial charge < -0.3 is 5.32 Å². The van der Waals surface area contributed by atoms with E-state index >= 15 is 0 Å². The van der Waals surface area contributed by atoms with Crippen LogP contribution in [-0.2, 0) is 6.54 Å². The molecule has 0 spiro atoms. The Balaban J connectivity index is 1.52. The standard InChI is InChI=1S/C17H26N2/c1-14-10-16(13-19(12-14)17-8-5-9-17)18-11-15-6-3-2-4-7-15/h2-4,6-7,14,16-18H,5,8-13H2,1H3. The van der Waals surface area contributed by atoms with Gasteiger partial charge in [-0.05, 0) is 30.7 Å². The Labute approximate surface area is 117 Å². The number of nitrogens with zero attached hydrogens (tertiary/aromatic N) is 1. The highest BCUT2D eigenvalue weighted by molar-refractivity contribution is 5.14. The molecule has 0 amide bonds. The normalized spacial score (nSPS) is 29.1. The summed E-state index contributed by atoms with van der Waals surface area (Å²) < 4.78 is 0. The average molecular weight is 258 g/mol. The second-order valence-corrected chi connectivity index (χ2v) is 6.44. The molecule has 19 heavy (non-hydrogen) atoms. The van der Waals surface area contributed by atoms with E-state index < -0.39 is 0 Å². The summed E-state index contributed by atoms with van der Waals surface area (Å²) in [5, 5.41) is 3.76. The summed E-state index contributed by atoms with van der Waals surface area (Å²) in [5.74, 6) is 0.836. The van der Waals surface area contributed by atoms with Gasteiger partial charge >= 0.3 is 0 Å². The van der Waals surface area contributed by atoms with Gasteiger partial charge in [0.1, 0.15) is 0 Å². The third-order valence-electron chi connectivity index (χ3n) is 4.72. The molecule has 2 unspecified atom stereocenters. The van der Waals surface area contributed by atoms with Crippen LogP contribution in [0, 0.1) is 5.92 Å². The van der Waals surface area contributed by atoms with Crippen LogP contribution in [0.2, 0.25) is 0 Å². The minimum atomic E-state index is 0.671. The van der Waals surface area contributed by atoms with Crippen LogP contribution in [-0.4, -0.2) is 30.1 Å². The molecule has 2 heteroatoms. The van der Waals surface area contributed by atoms with Crippen molar-refractivity contribution >= 4 is 0 Å². The van der Waals surface area contributed by atoms with Crippen LogP contribution >= 0.6 is 0 Å². The van der Waals surface area contributed by atoms with Gasteiger partial charge in [-0.25, -0.2) is 0 Å². The zero-order valence-corrected chi connectivity index (χ0v) is 12.0. The molecular formula is C17H26N2. The maximum absolute atomic E-state index is 3.76. The van der Waals surface area contributed by atoms with Crippen LogP contribution in [0.5, 0.6) is 0 Å². The lowest BCUT2D eigenvalue weighted by atomic mass is 9.87. The van der Waals surface area contributed by atoms with E-state index in [1.807, 2.05) is 0 Å². The summed E-state index contributed by atoms with van der Waals surface area (Å²) in [6.45, 7) is 5.98. The van der Waals surface area contributed by atoms with Crippen molar-refractivity contribution in [3.05, 3.63) is 35.9 Å². The Morgan fingerprint density at radius 3 is 2.63 bits per heavy atom. The van der Waals surface area contributed by atoms with Gasteiger partial charge in [0.2, 0.25) is 0 Å². The van der Waals surface area contributed by atoms with E-state index in [-0.39, 0.29) is 0 Å². The largest absolute Gasteiger partial charge is 0.309 e. The topological polar surface area (TPSA) is 15.3 Å². The van der Waals surface area contributed by atoms with E-state index in [1.165, 1.54) is 44.3 Å². The van der Waals surface area contributed by atoms with Crippen molar-refractivity contribution in [2.75, 3.05) is 13.1 Å². The van der Waals surface area contributed by atoms with Gasteiger partial charge in [0.15, 0.2) is 0 Å². The zero-order chi connectivity index (χ0) is 13.1. The van der Waals surface area contributed by atoms with Crippen LogP contribution in [0.15, 0.2) is 30.3 Å². The van der Waals surface area contributed by atoms with E-state index in [1.54, 1.807) is 0 Å². The molecule has 1 aliphatic carbocycles. The van der Waals surface area contributed by atoms with Gasteiger partial charge in [-0.1, -0.05) is 43.7 Å². The van der Waals surface area contributed by atoms with Crippen LogP contribution in [0.4, 0.5) is 0 Å². The molecule has 3 rings (SSSR count). The molecule has 1 aromatic carbocycles. The third kappa shape index (κ3) is 3.37. The second kappa shape index (κ2) is 6.06. The Bertz CT molecular complexity index is 386. The molecule has 0 bridgehead atoms. The molecule has 1 aromatic rings. The smallest absolute Gasteiger partial charge is 0.0208 e. The molecule has 1 heterocycles. The van der Waals surface area contributed by atoms with Crippen molar-refractivity contribution in [1.82, 2.24) is 10.2 Å². The van der Waals surface area contributed by atoms with Crippen LogP contribution in [0.1, 0.15) is 38.2 Å². The van der Waals surface area contributed by atoms with Crippen LogP contribution < -0.4 is 5.32 Å². The Morgan fingerprint density at radius 2 is 1.95 bits per heavy atom. The monoisotopic (exact) mass is 258 g/mol. The van der Waals surface area contributed by atoms with Crippen molar-refractivity contribution in [2.24, 2.45) is 5.92 Å². The van der Waals surface area contributed by atoms with E-state index in [9.17, 15) is 0 Å². The summed E-state index contributed by atoms with van der Waals surface area (Å²) in [5.41, 5.74) is 1.40. The van der Waals surface area contributed by atoms with Gasteiger partial charge in [0, 0.05) is 31.7 Å². The lowest BCUT2D eigenvalue weighted by Gasteiger charge is -2.44. The summed E-state index contributed by atoms with van der Waals surface area (Å²) in [6.07, 6.45) is 5.63. The summed E-state index contributed by atoms with van der Waals surface area (Å²) in [4.78, 5) is 2.74. The maximum Gasteiger partial charge on any atom is 0.0208 e. The Kier molecular flexibility index (Phi) is 4.19. The zero-order valence-electron chi connectivity index (χ0n) is 12.0. The quantitative estimate of drug-likeness (QED) is 0.893. The second-order valence-electron chi connectivity index (χ2n) is 6.44. The Hall–Kier alpha value is -0.860. The predicted molar refractivity (Wildman–Crippen MR) is 80.1 cm³/mol. The van der Waals surface area contributed by atoms with Gasteiger partial charge in [-0.2, -0.15) is 0 Å². The Morgan fingerprint density at radius 1 is 1.16 bits per heavy atom. The highest BCUT2D eigenvalue weighted by atomic mass is 15.2. The molecule has 1 saturated heterocycles. The van der Waals surface area contributed by atoms with Gasteiger partial charge in [0.05, 0.1) is 0 Å². The number of piperidine rings is 1. The first kappa shape index (κ1) is 13.1. The van der Waals surface area contributed by atoms with Gasteiger partial charge in [0.25, 0.3) is 0 Å². The molecular weight excluding hydrogens is 232 g/mol. The van der Waals surface area contributed by atoms with Gasteiger partial charge in [-0.15, -0.1) is 0 Å². The number of hydrogen-bond acceptors (Lipinski definition) is 2. The maximum atomic E-state index is 3.76. The molecule has 2 aliphatic rings. The number of benzene rings is 1. The minimum Gasteiger partial charge on any atom is -0.309 e. The van der Waals surface area contributed by atoms with Crippen molar-refractivity contribution in [2.45, 2.75) is 51.2 Å². The van der Waals surface area contributed by atoms with Crippen LogP contribution in [0.3, 0.4) is 0 Å².